The standard InChI is InChI=1S/C24H28ClN5O4/c1-24(2,33)17-14-15(21(31)29-23-26-8-9-27-23)6-7-18(17)28-19-5-3-4-16(20(19)25)22(32)30-10-12-34-13-11-30/h3-7,14,28,33H,8-13H2,1-2H3,(H2,26,27,29,31). The fourth-order valence-electron chi connectivity index (χ4n) is 3.84. The third-order valence-electron chi connectivity index (χ3n) is 5.64. The molecule has 34 heavy (non-hydrogen) atoms. The molecule has 2 aliphatic heterocycles. The van der Waals surface area contributed by atoms with Gasteiger partial charge in [0.1, 0.15) is 0 Å². The monoisotopic (exact) mass is 485 g/mol. The van der Waals surface area contributed by atoms with Crippen LogP contribution >= 0.6 is 11.6 Å². The number of nitrogens with zero attached hydrogens (tertiary/aromatic N) is 2. The van der Waals surface area contributed by atoms with Crippen LogP contribution in [0.2, 0.25) is 5.02 Å². The molecule has 0 aromatic heterocycles. The average Bonchev–Trinajstić information content (AvgIpc) is 3.33. The number of halogens is 1. The third-order valence-corrected chi connectivity index (χ3v) is 6.05. The topological polar surface area (TPSA) is 115 Å². The zero-order chi connectivity index (χ0) is 24.3. The predicted octanol–water partition coefficient (Wildman–Crippen LogP) is 2.47. The molecule has 9 nitrogen and oxygen atoms in total. The Morgan fingerprint density at radius 3 is 2.62 bits per heavy atom. The van der Waals surface area contributed by atoms with Crippen molar-refractivity contribution < 1.29 is 19.4 Å². The van der Waals surface area contributed by atoms with E-state index < -0.39 is 5.60 Å². The Balaban J connectivity index is 1.60. The molecule has 2 aromatic carbocycles. The van der Waals surface area contributed by atoms with Gasteiger partial charge in [0.05, 0.1) is 41.6 Å². The van der Waals surface area contributed by atoms with Crippen LogP contribution in [0.25, 0.3) is 0 Å². The molecule has 1 saturated heterocycles. The van der Waals surface area contributed by atoms with Crippen molar-refractivity contribution in [1.29, 1.82) is 0 Å². The van der Waals surface area contributed by atoms with E-state index in [2.05, 4.69) is 20.9 Å². The van der Waals surface area contributed by atoms with Gasteiger partial charge in [-0.3, -0.25) is 19.9 Å². The summed E-state index contributed by atoms with van der Waals surface area (Å²) < 4.78 is 5.33. The maximum absolute atomic E-state index is 13.0. The number of rotatable bonds is 5. The molecule has 2 heterocycles. The van der Waals surface area contributed by atoms with E-state index >= 15 is 0 Å². The van der Waals surface area contributed by atoms with Crippen LogP contribution in [0.1, 0.15) is 40.1 Å². The molecule has 0 bridgehead atoms. The lowest BCUT2D eigenvalue weighted by atomic mass is 9.94. The number of ether oxygens (including phenoxy) is 1. The lowest BCUT2D eigenvalue weighted by Crippen LogP contribution is -2.40. The van der Waals surface area contributed by atoms with Gasteiger partial charge in [0.2, 0.25) is 0 Å². The van der Waals surface area contributed by atoms with Crippen LogP contribution < -0.4 is 16.0 Å². The fourth-order valence-corrected chi connectivity index (χ4v) is 4.09. The summed E-state index contributed by atoms with van der Waals surface area (Å²) in [6.45, 7) is 6.60. The molecule has 10 heteroatoms. The summed E-state index contributed by atoms with van der Waals surface area (Å²) in [5.41, 5.74) is 1.10. The predicted molar refractivity (Wildman–Crippen MR) is 131 cm³/mol. The lowest BCUT2D eigenvalue weighted by Gasteiger charge is -2.27. The SMILES string of the molecule is CC(C)(O)c1cc(C(=O)NC2=NCCN2)ccc1Nc1cccc(C(=O)N2CCOCC2)c1Cl. The molecular formula is C24H28ClN5O4. The van der Waals surface area contributed by atoms with Crippen molar-refractivity contribution in [3.8, 4) is 0 Å². The number of morpholine rings is 1. The first-order chi connectivity index (χ1) is 16.2. The summed E-state index contributed by atoms with van der Waals surface area (Å²) in [5, 5.41) is 20.0. The number of carbonyl (C=O) groups excluding carboxylic acids is 2. The van der Waals surface area contributed by atoms with Crippen molar-refractivity contribution in [2.75, 3.05) is 44.7 Å². The molecule has 0 radical (unpaired) electrons. The van der Waals surface area contributed by atoms with Gasteiger partial charge in [-0.1, -0.05) is 17.7 Å². The Hall–Kier alpha value is -3.14. The second kappa shape index (κ2) is 10.0. The Morgan fingerprint density at radius 2 is 1.94 bits per heavy atom. The van der Waals surface area contributed by atoms with Gasteiger partial charge in [0.15, 0.2) is 5.96 Å². The van der Waals surface area contributed by atoms with E-state index in [0.717, 1.165) is 0 Å². The lowest BCUT2D eigenvalue weighted by molar-refractivity contribution is 0.0303. The average molecular weight is 486 g/mol. The van der Waals surface area contributed by atoms with E-state index in [1.165, 1.54) is 0 Å². The molecule has 2 amide bonds. The molecule has 0 saturated carbocycles. The highest BCUT2D eigenvalue weighted by atomic mass is 35.5. The maximum atomic E-state index is 13.0. The van der Waals surface area contributed by atoms with Crippen molar-refractivity contribution in [2.24, 2.45) is 4.99 Å². The van der Waals surface area contributed by atoms with Crippen LogP contribution in [-0.4, -0.2) is 67.2 Å². The van der Waals surface area contributed by atoms with Gasteiger partial charge in [-0.05, 0) is 44.2 Å². The Morgan fingerprint density at radius 1 is 1.18 bits per heavy atom. The van der Waals surface area contributed by atoms with E-state index in [1.54, 1.807) is 55.1 Å². The number of guanidine groups is 1. The Labute approximate surface area is 203 Å². The summed E-state index contributed by atoms with van der Waals surface area (Å²) in [4.78, 5) is 31.5. The number of benzene rings is 2. The van der Waals surface area contributed by atoms with Gasteiger partial charge in [-0.25, -0.2) is 0 Å². The molecule has 180 valence electrons. The highest BCUT2D eigenvalue weighted by molar-refractivity contribution is 6.36. The second-order valence-electron chi connectivity index (χ2n) is 8.63. The van der Waals surface area contributed by atoms with Gasteiger partial charge >= 0.3 is 0 Å². The van der Waals surface area contributed by atoms with Crippen molar-refractivity contribution in [3.63, 3.8) is 0 Å². The van der Waals surface area contributed by atoms with Crippen LogP contribution in [0.4, 0.5) is 11.4 Å². The minimum Gasteiger partial charge on any atom is -0.386 e. The molecule has 0 spiro atoms. The van der Waals surface area contributed by atoms with Crippen LogP contribution in [0.5, 0.6) is 0 Å². The van der Waals surface area contributed by atoms with Crippen LogP contribution in [0.3, 0.4) is 0 Å². The molecule has 4 N–H and O–H groups in total. The maximum Gasteiger partial charge on any atom is 0.257 e. The van der Waals surface area contributed by atoms with E-state index in [0.29, 0.717) is 73.4 Å². The Bertz CT molecular complexity index is 1120. The largest absolute Gasteiger partial charge is 0.386 e. The van der Waals surface area contributed by atoms with E-state index in [4.69, 9.17) is 16.3 Å². The van der Waals surface area contributed by atoms with E-state index in [1.807, 2.05) is 0 Å². The van der Waals surface area contributed by atoms with Gasteiger partial charge in [0.25, 0.3) is 11.8 Å². The van der Waals surface area contributed by atoms with Crippen LogP contribution in [-0.2, 0) is 10.3 Å². The zero-order valence-electron chi connectivity index (χ0n) is 19.2. The first-order valence-electron chi connectivity index (χ1n) is 11.1. The van der Waals surface area contributed by atoms with Gasteiger partial charge < -0.3 is 25.4 Å². The van der Waals surface area contributed by atoms with Gasteiger partial charge in [0, 0.05) is 36.4 Å². The van der Waals surface area contributed by atoms with Crippen LogP contribution in [0.15, 0.2) is 41.4 Å². The van der Waals surface area contributed by atoms with Crippen LogP contribution in [0, 0.1) is 0 Å². The summed E-state index contributed by atoms with van der Waals surface area (Å²) in [6.07, 6.45) is 0. The number of aliphatic imine (C=N–C) groups is 1. The minimum absolute atomic E-state index is 0.157. The smallest absolute Gasteiger partial charge is 0.257 e. The van der Waals surface area contributed by atoms with Crippen molar-refractivity contribution >= 4 is 40.7 Å². The van der Waals surface area contributed by atoms with Crippen molar-refractivity contribution in [3.05, 3.63) is 58.1 Å². The molecule has 0 unspecified atom stereocenters. The fraction of sp³-hybridized carbons (Fsp3) is 0.375. The number of carbonyl (C=O) groups is 2. The Kier molecular flexibility index (Phi) is 7.06. The quantitative estimate of drug-likeness (QED) is 0.517. The molecule has 2 aromatic rings. The van der Waals surface area contributed by atoms with Crippen molar-refractivity contribution in [1.82, 2.24) is 15.5 Å². The van der Waals surface area contributed by atoms with Gasteiger partial charge in [-0.15, -0.1) is 0 Å². The number of anilines is 2. The van der Waals surface area contributed by atoms with E-state index in [-0.39, 0.29) is 16.8 Å². The molecule has 0 aliphatic carbocycles. The summed E-state index contributed by atoms with van der Waals surface area (Å²) in [6, 6.07) is 10.2. The molecule has 1 fully saturated rings. The number of nitrogens with one attached hydrogen (secondary N) is 3. The highest BCUT2D eigenvalue weighted by Gasteiger charge is 2.25. The van der Waals surface area contributed by atoms with E-state index in [9.17, 15) is 14.7 Å². The molecule has 2 aliphatic rings. The number of hydrogen-bond donors (Lipinski definition) is 4. The third kappa shape index (κ3) is 5.32. The molecule has 0 atom stereocenters. The summed E-state index contributed by atoms with van der Waals surface area (Å²) in [5.74, 6) is -0.0537. The summed E-state index contributed by atoms with van der Waals surface area (Å²) in [7, 11) is 0. The number of hydrogen-bond acceptors (Lipinski definition) is 7. The first kappa shape index (κ1) is 24.0. The normalized spacial score (nSPS) is 16.0. The molecule has 4 rings (SSSR count). The second-order valence-corrected chi connectivity index (χ2v) is 9.01. The van der Waals surface area contributed by atoms with Crippen molar-refractivity contribution in [2.45, 2.75) is 19.4 Å². The minimum atomic E-state index is -1.25. The first-order valence-corrected chi connectivity index (χ1v) is 11.5. The zero-order valence-corrected chi connectivity index (χ0v) is 19.9. The number of aliphatic hydroxyl groups is 1. The number of amides is 2. The summed E-state index contributed by atoms with van der Waals surface area (Å²) >= 11 is 6.63. The molecular weight excluding hydrogens is 458 g/mol. The van der Waals surface area contributed by atoms with Gasteiger partial charge in [-0.2, -0.15) is 0 Å². The highest BCUT2D eigenvalue weighted by Crippen LogP contribution is 2.35.